The Labute approximate surface area is 209 Å². The highest BCUT2D eigenvalue weighted by Gasteiger charge is 2.54. The average Bonchev–Trinajstić information content (AvgIpc) is 3.45. The number of hydrogen-bond acceptors (Lipinski definition) is 5. The van der Waals surface area contributed by atoms with Gasteiger partial charge in [-0.25, -0.2) is 4.79 Å². The van der Waals surface area contributed by atoms with Gasteiger partial charge in [0, 0.05) is 42.3 Å². The Kier molecular flexibility index (Phi) is 5.74. The van der Waals surface area contributed by atoms with Gasteiger partial charge in [-0.1, -0.05) is 32.9 Å². The maximum Gasteiger partial charge on any atom is 0.324 e. The quantitative estimate of drug-likeness (QED) is 0.625. The number of carbonyl (C=O) groups excluding carboxylic acids is 4. The van der Waals surface area contributed by atoms with E-state index >= 15 is 0 Å². The Bertz CT molecular complexity index is 1150. The fourth-order valence-electron chi connectivity index (χ4n) is 5.91. The summed E-state index contributed by atoms with van der Waals surface area (Å²) in [6.07, 6.45) is 4.73. The molecule has 1 aliphatic carbocycles. The Morgan fingerprint density at radius 2 is 1.94 bits per heavy atom. The molecule has 1 spiro atoms. The van der Waals surface area contributed by atoms with Crippen LogP contribution in [0, 0.1) is 11.3 Å². The molecule has 4 aliphatic rings. The first-order valence-corrected chi connectivity index (χ1v) is 13.1. The number of amides is 5. The van der Waals surface area contributed by atoms with Crippen molar-refractivity contribution in [2.75, 3.05) is 18.9 Å². The number of piperidine rings is 1. The lowest BCUT2D eigenvalue weighted by atomic mass is 9.78. The Balaban J connectivity index is 1.30. The summed E-state index contributed by atoms with van der Waals surface area (Å²) in [5.41, 5.74) is 1.18. The van der Waals surface area contributed by atoms with Gasteiger partial charge < -0.3 is 15.1 Å². The molecule has 0 bridgehead atoms. The van der Waals surface area contributed by atoms with Crippen molar-refractivity contribution in [3.63, 3.8) is 0 Å². The van der Waals surface area contributed by atoms with Crippen molar-refractivity contribution >= 4 is 41.2 Å². The van der Waals surface area contributed by atoms with E-state index in [9.17, 15) is 19.2 Å². The fourth-order valence-corrected chi connectivity index (χ4v) is 7.23. The molecule has 2 saturated heterocycles. The van der Waals surface area contributed by atoms with Gasteiger partial charge in [0.1, 0.15) is 12.1 Å². The zero-order valence-corrected chi connectivity index (χ0v) is 21.4. The minimum absolute atomic E-state index is 0.0113. The van der Waals surface area contributed by atoms with Crippen molar-refractivity contribution in [3.05, 3.63) is 40.8 Å². The van der Waals surface area contributed by atoms with Gasteiger partial charge in [0.05, 0.1) is 0 Å². The Morgan fingerprint density at radius 3 is 2.60 bits per heavy atom. The summed E-state index contributed by atoms with van der Waals surface area (Å²) in [6, 6.07) is 5.24. The molecule has 4 atom stereocenters. The second-order valence-electron chi connectivity index (χ2n) is 10.9. The molecule has 2 fully saturated rings. The van der Waals surface area contributed by atoms with Crippen molar-refractivity contribution in [1.82, 2.24) is 15.1 Å². The van der Waals surface area contributed by atoms with E-state index in [0.29, 0.717) is 24.4 Å². The van der Waals surface area contributed by atoms with Gasteiger partial charge in [0.25, 0.3) is 5.91 Å². The lowest BCUT2D eigenvalue weighted by Crippen LogP contribution is -2.57. The summed E-state index contributed by atoms with van der Waals surface area (Å²) in [5.74, 6) is -0.133. The zero-order valence-electron chi connectivity index (χ0n) is 20.6. The minimum Gasteiger partial charge on any atom is -0.329 e. The predicted octanol–water partition coefficient (Wildman–Crippen LogP) is 2.93. The van der Waals surface area contributed by atoms with Gasteiger partial charge in [-0.3, -0.25) is 19.7 Å². The first-order valence-electron chi connectivity index (χ1n) is 12.2. The monoisotopic (exact) mass is 496 g/mol. The number of likely N-dealkylation sites (N-methyl/N-ethyl adjacent to an activating group) is 1. The average molecular weight is 497 g/mol. The molecule has 0 radical (unpaired) electrons. The minimum atomic E-state index is -0.898. The van der Waals surface area contributed by atoms with Crippen molar-refractivity contribution in [1.29, 1.82) is 0 Å². The highest BCUT2D eigenvalue weighted by molar-refractivity contribution is 8.03. The summed E-state index contributed by atoms with van der Waals surface area (Å²) in [5, 5.41) is 7.73. The lowest BCUT2D eigenvalue weighted by molar-refractivity contribution is -0.150. The number of thioether (sulfide) groups is 1. The molecule has 3 aliphatic heterocycles. The highest BCUT2D eigenvalue weighted by Crippen LogP contribution is 2.42. The summed E-state index contributed by atoms with van der Waals surface area (Å²) < 4.78 is 0. The van der Waals surface area contributed by atoms with Gasteiger partial charge in [-0.15, -0.1) is 11.8 Å². The van der Waals surface area contributed by atoms with Gasteiger partial charge in [0.15, 0.2) is 0 Å². The molecule has 35 heavy (non-hydrogen) atoms. The van der Waals surface area contributed by atoms with Crippen molar-refractivity contribution < 1.29 is 19.2 Å². The van der Waals surface area contributed by atoms with Gasteiger partial charge in [-0.05, 0) is 47.4 Å². The number of carbonyl (C=O) groups is 4. The van der Waals surface area contributed by atoms with E-state index in [1.807, 2.05) is 32.0 Å². The molecule has 1 aromatic carbocycles. The summed E-state index contributed by atoms with van der Waals surface area (Å²) in [7, 11) is 1.64. The maximum atomic E-state index is 13.3. The third kappa shape index (κ3) is 3.93. The number of anilines is 1. The predicted molar refractivity (Wildman–Crippen MR) is 135 cm³/mol. The van der Waals surface area contributed by atoms with E-state index in [-0.39, 0.29) is 41.6 Å². The van der Waals surface area contributed by atoms with Crippen LogP contribution in [0.2, 0.25) is 0 Å². The molecule has 5 rings (SSSR count). The van der Waals surface area contributed by atoms with Crippen molar-refractivity contribution in [2.24, 2.45) is 11.3 Å². The molecule has 2 N–H and O–H groups in total. The molecule has 186 valence electrons. The van der Waals surface area contributed by atoms with Crippen LogP contribution in [0.15, 0.2) is 29.7 Å². The first kappa shape index (κ1) is 23.9. The van der Waals surface area contributed by atoms with E-state index in [0.717, 1.165) is 24.0 Å². The lowest BCUT2D eigenvalue weighted by Gasteiger charge is -2.45. The number of nitrogens with one attached hydrogen (secondary N) is 2. The van der Waals surface area contributed by atoms with Crippen LogP contribution in [0.1, 0.15) is 44.7 Å². The summed E-state index contributed by atoms with van der Waals surface area (Å²) in [4.78, 5) is 54.3. The summed E-state index contributed by atoms with van der Waals surface area (Å²) >= 11 is 1.75. The topological polar surface area (TPSA) is 98.8 Å². The number of urea groups is 1. The molecule has 2 unspecified atom stereocenters. The molecular formula is C26H32N4O4S. The molecule has 1 aromatic rings. The largest absolute Gasteiger partial charge is 0.329 e. The Morgan fingerprint density at radius 1 is 1.20 bits per heavy atom. The van der Waals surface area contributed by atoms with E-state index in [1.165, 1.54) is 4.90 Å². The van der Waals surface area contributed by atoms with Crippen LogP contribution in [0.3, 0.4) is 0 Å². The van der Waals surface area contributed by atoms with Gasteiger partial charge >= 0.3 is 6.03 Å². The van der Waals surface area contributed by atoms with E-state index < -0.39 is 11.0 Å². The van der Waals surface area contributed by atoms with Gasteiger partial charge in [-0.2, -0.15) is 0 Å². The molecule has 0 aromatic heterocycles. The van der Waals surface area contributed by atoms with Crippen LogP contribution in [-0.4, -0.2) is 64.0 Å². The van der Waals surface area contributed by atoms with Crippen LogP contribution in [0.25, 0.3) is 0 Å². The van der Waals surface area contributed by atoms with Crippen LogP contribution < -0.4 is 10.6 Å². The maximum absolute atomic E-state index is 13.3. The second-order valence-corrected chi connectivity index (χ2v) is 12.0. The molecule has 9 heteroatoms. The van der Waals surface area contributed by atoms with E-state index in [1.54, 1.807) is 23.7 Å². The Hall–Kier alpha value is -2.81. The molecule has 3 heterocycles. The second kappa shape index (κ2) is 8.40. The normalized spacial score (nSPS) is 31.3. The molecule has 0 saturated carbocycles. The fraction of sp³-hybridized carbons (Fsp3) is 0.538. The zero-order chi connectivity index (χ0) is 25.1. The number of benzene rings is 1. The number of allylic oxidation sites excluding steroid dienone is 1. The van der Waals surface area contributed by atoms with Crippen LogP contribution in [0.5, 0.6) is 0 Å². The summed E-state index contributed by atoms with van der Waals surface area (Å²) in [6.45, 7) is 6.09. The molecular weight excluding hydrogens is 464 g/mol. The third-order valence-electron chi connectivity index (χ3n) is 8.18. The van der Waals surface area contributed by atoms with E-state index in [4.69, 9.17) is 0 Å². The third-order valence-corrected chi connectivity index (χ3v) is 9.55. The number of hydrogen-bond donors (Lipinski definition) is 2. The number of fused-ring (bicyclic) bond motifs is 1. The van der Waals surface area contributed by atoms with E-state index in [2.05, 4.69) is 29.0 Å². The number of imide groups is 1. The van der Waals surface area contributed by atoms with Crippen molar-refractivity contribution in [3.8, 4) is 0 Å². The van der Waals surface area contributed by atoms with Gasteiger partial charge in [0.2, 0.25) is 11.8 Å². The molecule has 8 nitrogen and oxygen atoms in total. The van der Waals surface area contributed by atoms with Crippen LogP contribution in [0.4, 0.5) is 10.5 Å². The van der Waals surface area contributed by atoms with Crippen LogP contribution >= 0.6 is 11.8 Å². The first-order chi connectivity index (χ1) is 16.5. The van der Waals surface area contributed by atoms with Crippen LogP contribution in [-0.2, 0) is 27.2 Å². The highest BCUT2D eigenvalue weighted by atomic mass is 32.2. The number of likely N-dealkylation sites (tertiary alicyclic amines) is 1. The SMILES string of the molecule is CC1C=CSC1[C@@H]1CCC(C)(C)C(=O)N1CC(=O)Nc1ccc2c(c1)C[C@@]1(C2)C(=O)NC(=O)N1C. The standard InChI is InChI=1S/C26H32N4O4S/c1-15-8-10-35-21(15)19-7-9-25(2,3)23(33)30(19)14-20(31)27-18-6-5-16-12-26(13-17(16)11-18)22(32)28-24(34)29(26)4/h5-6,8,10-11,15,19,21H,7,9,12-14H2,1-4H3,(H,27,31)(H,28,32,34)/t15?,19-,21?,26-/m0/s1. The van der Waals surface area contributed by atoms with Crippen molar-refractivity contribution in [2.45, 2.75) is 63.3 Å². The molecule has 5 amide bonds. The number of rotatable bonds is 4. The number of nitrogens with zero attached hydrogens (tertiary/aromatic N) is 2. The smallest absolute Gasteiger partial charge is 0.324 e.